The van der Waals surface area contributed by atoms with Crippen molar-refractivity contribution in [2.24, 2.45) is 0 Å². The van der Waals surface area contributed by atoms with E-state index in [1.807, 2.05) is 0 Å². The van der Waals surface area contributed by atoms with Crippen molar-refractivity contribution >= 4 is 5.91 Å². The van der Waals surface area contributed by atoms with Crippen LogP contribution in [0, 0.1) is 0 Å². The molecule has 0 saturated heterocycles. The lowest BCUT2D eigenvalue weighted by Crippen LogP contribution is -2.48. The van der Waals surface area contributed by atoms with Crippen molar-refractivity contribution in [3.63, 3.8) is 0 Å². The van der Waals surface area contributed by atoms with Gasteiger partial charge in [0, 0.05) is 7.11 Å². The smallest absolute Gasteiger partial charge is 0.234 e. The van der Waals surface area contributed by atoms with E-state index in [1.165, 1.54) is 12.8 Å². The molecule has 2 atom stereocenters. The molecule has 1 amide bonds. The highest BCUT2D eigenvalue weighted by Crippen LogP contribution is 2.20. The third-order valence-corrected chi connectivity index (χ3v) is 2.69. The number of nitrogens with one attached hydrogen (secondary N) is 2. The molecule has 0 aromatic heterocycles. The maximum Gasteiger partial charge on any atom is 0.234 e. The van der Waals surface area contributed by atoms with Crippen molar-refractivity contribution in [2.45, 2.75) is 37.8 Å². The number of ether oxygens (including phenoxy) is 1. The van der Waals surface area contributed by atoms with Crippen molar-refractivity contribution in [3.05, 3.63) is 0 Å². The van der Waals surface area contributed by atoms with Gasteiger partial charge in [0.05, 0.1) is 18.7 Å². The molecule has 1 saturated carbocycles. The fraction of sp³-hybridized carbons (Fsp3) is 0.900. The van der Waals surface area contributed by atoms with Crippen molar-refractivity contribution in [1.82, 2.24) is 10.6 Å². The maximum atomic E-state index is 11.3. The lowest BCUT2D eigenvalue weighted by atomic mass is 9.92. The zero-order valence-corrected chi connectivity index (χ0v) is 9.01. The summed E-state index contributed by atoms with van der Waals surface area (Å²) >= 11 is 0. The quantitative estimate of drug-likeness (QED) is 0.685. The lowest BCUT2D eigenvalue weighted by molar-refractivity contribution is -0.122. The average Bonchev–Trinajstić information content (AvgIpc) is 2.19. The van der Waals surface area contributed by atoms with Crippen LogP contribution in [0.2, 0.25) is 0 Å². The molecule has 0 heterocycles. The van der Waals surface area contributed by atoms with Crippen molar-refractivity contribution in [2.75, 3.05) is 20.7 Å². The Labute approximate surface area is 85.4 Å². The third-order valence-electron chi connectivity index (χ3n) is 2.69. The second kappa shape index (κ2) is 5.98. The minimum absolute atomic E-state index is 0.0569. The summed E-state index contributed by atoms with van der Waals surface area (Å²) in [5.74, 6) is 0.0569. The van der Waals surface area contributed by atoms with Crippen LogP contribution in [-0.2, 0) is 9.53 Å². The summed E-state index contributed by atoms with van der Waals surface area (Å²) in [6.07, 6.45) is 4.68. The Hall–Kier alpha value is -0.610. The van der Waals surface area contributed by atoms with E-state index < -0.39 is 0 Å². The largest absolute Gasteiger partial charge is 0.379 e. The molecule has 0 aliphatic heterocycles. The molecule has 0 bridgehead atoms. The maximum absolute atomic E-state index is 11.3. The Morgan fingerprint density at radius 3 is 2.79 bits per heavy atom. The molecule has 0 aromatic rings. The molecule has 14 heavy (non-hydrogen) atoms. The van der Waals surface area contributed by atoms with Gasteiger partial charge in [0.2, 0.25) is 5.91 Å². The SMILES string of the molecule is CNCC(=O)NC1CCCCC1OC. The summed E-state index contributed by atoms with van der Waals surface area (Å²) in [5.41, 5.74) is 0. The van der Waals surface area contributed by atoms with Crippen LogP contribution in [0.1, 0.15) is 25.7 Å². The summed E-state index contributed by atoms with van der Waals surface area (Å²) in [4.78, 5) is 11.3. The lowest BCUT2D eigenvalue weighted by Gasteiger charge is -2.31. The molecular formula is C10H20N2O2. The highest BCUT2D eigenvalue weighted by atomic mass is 16.5. The summed E-state index contributed by atoms with van der Waals surface area (Å²) < 4.78 is 5.35. The highest BCUT2D eigenvalue weighted by molar-refractivity contribution is 5.78. The van der Waals surface area contributed by atoms with E-state index in [0.717, 1.165) is 12.8 Å². The molecule has 1 aliphatic rings. The Bertz CT molecular complexity index is 185. The Balaban J connectivity index is 2.36. The molecule has 4 nitrogen and oxygen atoms in total. The van der Waals surface area contributed by atoms with E-state index in [1.54, 1.807) is 14.2 Å². The number of methoxy groups -OCH3 is 1. The predicted octanol–water partition coefficient (Wildman–Crippen LogP) is 0.280. The van der Waals surface area contributed by atoms with Gasteiger partial charge in [-0.1, -0.05) is 12.8 Å². The third kappa shape index (κ3) is 3.27. The van der Waals surface area contributed by atoms with E-state index in [0.29, 0.717) is 6.54 Å². The van der Waals surface area contributed by atoms with Gasteiger partial charge in [-0.25, -0.2) is 0 Å². The second-order valence-electron chi connectivity index (χ2n) is 3.76. The average molecular weight is 200 g/mol. The van der Waals surface area contributed by atoms with Crippen LogP contribution >= 0.6 is 0 Å². The molecule has 0 spiro atoms. The fourth-order valence-electron chi connectivity index (χ4n) is 1.96. The number of likely N-dealkylation sites (N-methyl/N-ethyl adjacent to an activating group) is 1. The number of hydrogen-bond donors (Lipinski definition) is 2. The monoisotopic (exact) mass is 200 g/mol. The van der Waals surface area contributed by atoms with Gasteiger partial charge in [0.25, 0.3) is 0 Å². The van der Waals surface area contributed by atoms with Gasteiger partial charge < -0.3 is 15.4 Å². The molecule has 1 fully saturated rings. The molecule has 4 heteroatoms. The van der Waals surface area contributed by atoms with Crippen LogP contribution in [-0.4, -0.2) is 38.8 Å². The summed E-state index contributed by atoms with van der Waals surface area (Å²) in [6, 6.07) is 0.203. The van der Waals surface area contributed by atoms with Crippen LogP contribution in [0.15, 0.2) is 0 Å². The molecule has 2 unspecified atom stereocenters. The van der Waals surface area contributed by atoms with Crippen molar-refractivity contribution < 1.29 is 9.53 Å². The summed E-state index contributed by atoms with van der Waals surface area (Å²) in [5, 5.41) is 5.83. The Kier molecular flexibility index (Phi) is 4.90. The van der Waals surface area contributed by atoms with Gasteiger partial charge in [0.15, 0.2) is 0 Å². The number of carbonyl (C=O) groups is 1. The summed E-state index contributed by atoms with van der Waals surface area (Å²) in [6.45, 7) is 0.382. The van der Waals surface area contributed by atoms with Crippen LogP contribution in [0.25, 0.3) is 0 Å². The van der Waals surface area contributed by atoms with Crippen LogP contribution in [0.5, 0.6) is 0 Å². The van der Waals surface area contributed by atoms with Crippen LogP contribution in [0.4, 0.5) is 0 Å². The molecule has 1 aliphatic carbocycles. The van der Waals surface area contributed by atoms with E-state index in [2.05, 4.69) is 10.6 Å². The van der Waals surface area contributed by atoms with Crippen LogP contribution < -0.4 is 10.6 Å². The minimum atomic E-state index is 0.0569. The number of rotatable bonds is 4. The van der Waals surface area contributed by atoms with E-state index >= 15 is 0 Å². The molecular weight excluding hydrogens is 180 g/mol. The molecule has 82 valence electrons. The zero-order valence-electron chi connectivity index (χ0n) is 9.01. The molecule has 2 N–H and O–H groups in total. The standard InChI is InChI=1S/C10H20N2O2/c1-11-7-10(13)12-8-5-3-4-6-9(8)14-2/h8-9,11H,3-7H2,1-2H3,(H,12,13). The van der Waals surface area contributed by atoms with E-state index in [4.69, 9.17) is 4.74 Å². The second-order valence-corrected chi connectivity index (χ2v) is 3.76. The first-order valence-corrected chi connectivity index (χ1v) is 5.24. The number of carbonyl (C=O) groups excluding carboxylic acids is 1. The molecule has 1 rings (SSSR count). The Morgan fingerprint density at radius 1 is 1.43 bits per heavy atom. The van der Waals surface area contributed by atoms with Gasteiger partial charge >= 0.3 is 0 Å². The Morgan fingerprint density at radius 2 is 2.14 bits per heavy atom. The van der Waals surface area contributed by atoms with Gasteiger partial charge in [-0.2, -0.15) is 0 Å². The minimum Gasteiger partial charge on any atom is -0.379 e. The van der Waals surface area contributed by atoms with Gasteiger partial charge in [-0.3, -0.25) is 4.79 Å². The normalized spacial score (nSPS) is 27.3. The van der Waals surface area contributed by atoms with Crippen molar-refractivity contribution in [3.8, 4) is 0 Å². The van der Waals surface area contributed by atoms with Crippen LogP contribution in [0.3, 0.4) is 0 Å². The highest BCUT2D eigenvalue weighted by Gasteiger charge is 2.25. The molecule has 0 aromatic carbocycles. The fourth-order valence-corrected chi connectivity index (χ4v) is 1.96. The zero-order chi connectivity index (χ0) is 10.4. The molecule has 0 radical (unpaired) electrons. The number of hydrogen-bond acceptors (Lipinski definition) is 3. The predicted molar refractivity (Wildman–Crippen MR) is 55.1 cm³/mol. The van der Waals surface area contributed by atoms with Gasteiger partial charge in [0.1, 0.15) is 0 Å². The first kappa shape index (κ1) is 11.5. The van der Waals surface area contributed by atoms with Gasteiger partial charge in [-0.05, 0) is 19.9 Å². The van der Waals surface area contributed by atoms with Crippen molar-refractivity contribution in [1.29, 1.82) is 0 Å². The first-order valence-electron chi connectivity index (χ1n) is 5.24. The topological polar surface area (TPSA) is 50.4 Å². The van der Waals surface area contributed by atoms with Gasteiger partial charge in [-0.15, -0.1) is 0 Å². The van der Waals surface area contributed by atoms with E-state index in [9.17, 15) is 4.79 Å². The first-order chi connectivity index (χ1) is 6.77. The summed E-state index contributed by atoms with van der Waals surface area (Å²) in [7, 11) is 3.49. The van der Waals surface area contributed by atoms with E-state index in [-0.39, 0.29) is 18.1 Å². The number of amides is 1.